The summed E-state index contributed by atoms with van der Waals surface area (Å²) in [5.41, 5.74) is -2.36. The third kappa shape index (κ3) is 4.44. The second-order valence-electron chi connectivity index (χ2n) is 8.80. The first-order valence-corrected chi connectivity index (χ1v) is 11.7. The molecule has 1 aromatic heterocycles. The lowest BCUT2D eigenvalue weighted by Gasteiger charge is -2.44. The monoisotopic (exact) mass is 503 g/mol. The summed E-state index contributed by atoms with van der Waals surface area (Å²) in [5, 5.41) is 1.35. The number of carbonyl (C=O) groups excluding carboxylic acids is 1. The van der Waals surface area contributed by atoms with E-state index < -0.39 is 43.0 Å². The van der Waals surface area contributed by atoms with Crippen molar-refractivity contribution in [2.45, 2.75) is 69.1 Å². The smallest absolute Gasteiger partial charge is 0.413 e. The first kappa shape index (κ1) is 24.5. The van der Waals surface area contributed by atoms with E-state index in [1.807, 2.05) is 0 Å². The molecule has 1 N–H and O–H groups in total. The van der Waals surface area contributed by atoms with Crippen LogP contribution in [0.3, 0.4) is 0 Å². The Morgan fingerprint density at radius 3 is 2.53 bits per heavy atom. The van der Waals surface area contributed by atoms with Gasteiger partial charge in [-0.3, -0.25) is 10.3 Å². The Balaban J connectivity index is 2.75. The van der Waals surface area contributed by atoms with Gasteiger partial charge in [0.05, 0.1) is 5.25 Å². The number of ether oxygens (including phenoxy) is 1. The second kappa shape index (κ2) is 8.03. The van der Waals surface area contributed by atoms with E-state index in [0.29, 0.717) is 4.47 Å². The Morgan fingerprint density at radius 2 is 2.00 bits per heavy atom. The lowest BCUT2D eigenvalue weighted by Crippen LogP contribution is -2.62. The van der Waals surface area contributed by atoms with Crippen molar-refractivity contribution < 1.29 is 22.3 Å². The van der Waals surface area contributed by atoms with Gasteiger partial charge in [0, 0.05) is 16.2 Å². The lowest BCUT2D eigenvalue weighted by atomic mass is 9.87. The number of nitrogens with zero attached hydrogens (tertiary/aromatic N) is 2. The molecule has 0 fully saturated rings. The zero-order chi connectivity index (χ0) is 23.1. The highest BCUT2D eigenvalue weighted by Gasteiger charge is 2.57. The highest BCUT2D eigenvalue weighted by Crippen LogP contribution is 2.45. The molecule has 0 unspecified atom stereocenters. The molecule has 0 aliphatic carbocycles. The zero-order valence-electron chi connectivity index (χ0n) is 17.9. The van der Waals surface area contributed by atoms with E-state index in [9.17, 15) is 17.6 Å². The van der Waals surface area contributed by atoms with Crippen LogP contribution in [0.1, 0.15) is 53.5 Å². The first-order chi connectivity index (χ1) is 13.6. The average Bonchev–Trinajstić information content (AvgIpc) is 2.58. The third-order valence-corrected chi connectivity index (χ3v) is 8.43. The second-order valence-corrected chi connectivity index (χ2v) is 12.4. The lowest BCUT2D eigenvalue weighted by molar-refractivity contribution is 0.0560. The summed E-state index contributed by atoms with van der Waals surface area (Å²) < 4.78 is 46.1. The fourth-order valence-corrected chi connectivity index (χ4v) is 5.91. The van der Waals surface area contributed by atoms with Crippen molar-refractivity contribution in [3.63, 3.8) is 0 Å². The van der Waals surface area contributed by atoms with Gasteiger partial charge in [0.2, 0.25) is 5.95 Å². The zero-order valence-corrected chi connectivity index (χ0v) is 20.3. The molecule has 10 heteroatoms. The maximum atomic E-state index is 14.7. The number of hydrogen-bond donors (Lipinski definition) is 1. The topological polar surface area (TPSA) is 97.7 Å². The molecule has 0 aromatic carbocycles. The number of halogens is 2. The van der Waals surface area contributed by atoms with E-state index in [-0.39, 0.29) is 17.8 Å². The summed E-state index contributed by atoms with van der Waals surface area (Å²) in [5.74, 6) is -0.969. The maximum absolute atomic E-state index is 14.7. The van der Waals surface area contributed by atoms with Gasteiger partial charge in [0.15, 0.2) is 9.84 Å². The predicted molar refractivity (Wildman–Crippen MR) is 118 cm³/mol. The first-order valence-electron chi connectivity index (χ1n) is 9.32. The summed E-state index contributed by atoms with van der Waals surface area (Å²) in [7, 11) is -3.97. The van der Waals surface area contributed by atoms with Crippen molar-refractivity contribution in [3.8, 4) is 0 Å². The Labute approximate surface area is 185 Å². The number of alkyl carbamates (subject to hydrolysis) is 1. The van der Waals surface area contributed by atoms with Crippen LogP contribution < -0.4 is 5.32 Å². The van der Waals surface area contributed by atoms with Crippen LogP contribution in [0.4, 0.5) is 9.18 Å². The third-order valence-electron chi connectivity index (χ3n) is 4.98. The van der Waals surface area contributed by atoms with Crippen LogP contribution in [0, 0.1) is 5.95 Å². The number of pyridine rings is 1. The van der Waals surface area contributed by atoms with Gasteiger partial charge in [-0.25, -0.2) is 18.2 Å². The average molecular weight is 504 g/mol. The number of hydrogen-bond acceptors (Lipinski definition) is 6. The number of aliphatic imine (C=N–C) groups is 1. The summed E-state index contributed by atoms with van der Waals surface area (Å²) in [4.78, 5) is 20.7. The molecule has 2 rings (SSSR count). The molecule has 0 bridgehead atoms. The van der Waals surface area contributed by atoms with E-state index in [1.165, 1.54) is 39.1 Å². The molecule has 1 aromatic rings. The molecule has 0 spiro atoms. The van der Waals surface area contributed by atoms with E-state index in [2.05, 4.69) is 37.8 Å². The van der Waals surface area contributed by atoms with Gasteiger partial charge in [-0.2, -0.15) is 4.39 Å². The molecule has 2 atom stereocenters. The van der Waals surface area contributed by atoms with Crippen LogP contribution >= 0.6 is 15.9 Å². The SMILES string of the molecule is C=CC[C@H]1[C@@](C)(c2cc(Br)cnc2F)N=C(NC(=O)OC(C)(C)C)C(C)(C)S1(=O)=O. The van der Waals surface area contributed by atoms with Gasteiger partial charge >= 0.3 is 6.09 Å². The Morgan fingerprint density at radius 1 is 1.40 bits per heavy atom. The van der Waals surface area contributed by atoms with Crippen LogP contribution in [0.15, 0.2) is 34.4 Å². The minimum absolute atomic E-state index is 0.00807. The fraction of sp³-hybridized carbons (Fsp3) is 0.550. The molecule has 30 heavy (non-hydrogen) atoms. The normalized spacial score (nSPS) is 25.2. The Bertz CT molecular complexity index is 1000. The van der Waals surface area contributed by atoms with Crippen molar-refractivity contribution in [1.29, 1.82) is 0 Å². The highest BCUT2D eigenvalue weighted by atomic mass is 79.9. The molecule has 1 aliphatic heterocycles. The summed E-state index contributed by atoms with van der Waals surface area (Å²) >= 11 is 3.25. The van der Waals surface area contributed by atoms with Crippen LogP contribution in [0.25, 0.3) is 0 Å². The van der Waals surface area contributed by atoms with Gasteiger partial charge in [0.25, 0.3) is 0 Å². The van der Waals surface area contributed by atoms with E-state index in [1.54, 1.807) is 20.8 Å². The van der Waals surface area contributed by atoms with Crippen LogP contribution in [-0.2, 0) is 20.1 Å². The van der Waals surface area contributed by atoms with Gasteiger partial charge in [-0.15, -0.1) is 6.58 Å². The highest BCUT2D eigenvalue weighted by molar-refractivity contribution is 9.10. The van der Waals surface area contributed by atoms with Crippen molar-refractivity contribution in [3.05, 3.63) is 40.9 Å². The Kier molecular flexibility index (Phi) is 6.55. The molecule has 2 heterocycles. The van der Waals surface area contributed by atoms with Crippen LogP contribution in [-0.4, -0.2) is 40.9 Å². The van der Waals surface area contributed by atoms with Gasteiger partial charge in [-0.05, 0) is 70.0 Å². The van der Waals surface area contributed by atoms with E-state index in [0.717, 1.165) is 0 Å². The number of amidine groups is 1. The van der Waals surface area contributed by atoms with Crippen molar-refractivity contribution in [2.24, 2.45) is 4.99 Å². The molecular weight excluding hydrogens is 477 g/mol. The molecule has 0 saturated heterocycles. The molecular formula is C20H27BrFN3O4S. The number of rotatable bonds is 3. The summed E-state index contributed by atoms with van der Waals surface area (Å²) in [6, 6.07) is 1.45. The number of aromatic nitrogens is 1. The molecule has 0 radical (unpaired) electrons. The molecule has 7 nitrogen and oxygen atoms in total. The summed E-state index contributed by atoms with van der Waals surface area (Å²) in [6.07, 6.45) is 1.93. The summed E-state index contributed by atoms with van der Waals surface area (Å²) in [6.45, 7) is 13.1. The van der Waals surface area contributed by atoms with Crippen LogP contribution in [0.2, 0.25) is 0 Å². The number of amides is 1. The van der Waals surface area contributed by atoms with Crippen LogP contribution in [0.5, 0.6) is 0 Å². The minimum atomic E-state index is -3.97. The van der Waals surface area contributed by atoms with E-state index >= 15 is 0 Å². The van der Waals surface area contributed by atoms with Crippen molar-refractivity contribution >= 4 is 37.7 Å². The van der Waals surface area contributed by atoms with Crippen molar-refractivity contribution in [2.75, 3.05) is 0 Å². The van der Waals surface area contributed by atoms with Gasteiger partial charge < -0.3 is 4.74 Å². The maximum Gasteiger partial charge on any atom is 0.413 e. The molecule has 0 saturated carbocycles. The fourth-order valence-electron chi connectivity index (χ4n) is 3.33. The van der Waals surface area contributed by atoms with Gasteiger partial charge in [-0.1, -0.05) is 6.08 Å². The molecule has 1 aliphatic rings. The Hall–Kier alpha value is -1.81. The number of allylic oxidation sites excluding steroid dienone is 1. The number of carbonyl (C=O) groups is 1. The molecule has 166 valence electrons. The number of sulfone groups is 1. The molecule has 1 amide bonds. The van der Waals surface area contributed by atoms with Crippen molar-refractivity contribution in [1.82, 2.24) is 10.3 Å². The largest absolute Gasteiger partial charge is 0.444 e. The quantitative estimate of drug-likeness (QED) is 0.490. The number of nitrogens with one attached hydrogen (secondary N) is 1. The van der Waals surface area contributed by atoms with E-state index in [4.69, 9.17) is 4.74 Å². The minimum Gasteiger partial charge on any atom is -0.444 e. The van der Waals surface area contributed by atoms with Gasteiger partial charge in [0.1, 0.15) is 21.7 Å². The standard InChI is InChI=1S/C20H27BrFN3O4S/c1-8-9-14-20(7,13-10-12(21)11-23-15(13)22)25-16(19(5,6)30(14,27)28)24-17(26)29-18(2,3)4/h8,10-11,14H,1,9H2,2-7H3,(H,24,25,26)/t14-,20+/m0/s1. The predicted octanol–water partition coefficient (Wildman–Crippen LogP) is 4.27.